The molecule has 0 unspecified atom stereocenters. The van der Waals surface area contributed by atoms with Crippen molar-refractivity contribution in [2.24, 2.45) is 5.41 Å². The molecule has 2 fully saturated rings. The molecule has 0 spiro atoms. The number of aliphatic hydroxyl groups is 2. The highest BCUT2D eigenvalue weighted by molar-refractivity contribution is 7.99. The van der Waals surface area contributed by atoms with Gasteiger partial charge in [0.15, 0.2) is 0 Å². The van der Waals surface area contributed by atoms with Crippen molar-refractivity contribution >= 4 is 17.9 Å². The zero-order valence-corrected chi connectivity index (χ0v) is 14.7. The number of ether oxygens (including phenoxy) is 1. The molecule has 0 bridgehead atoms. The van der Waals surface area contributed by atoms with Gasteiger partial charge in [-0.2, -0.15) is 11.8 Å². The third kappa shape index (κ3) is 3.71. The fourth-order valence-electron chi connectivity index (χ4n) is 3.45. The summed E-state index contributed by atoms with van der Waals surface area (Å²) in [5, 5.41) is 21.0. The van der Waals surface area contributed by atoms with Crippen molar-refractivity contribution in [1.82, 2.24) is 4.90 Å². The monoisotopic (exact) mass is 331 g/mol. The number of aliphatic hydroxyl groups excluding tert-OH is 1. The van der Waals surface area contributed by atoms with Crippen LogP contribution in [0.5, 0.6) is 0 Å². The van der Waals surface area contributed by atoms with E-state index in [2.05, 4.69) is 0 Å². The van der Waals surface area contributed by atoms with Crippen molar-refractivity contribution in [2.45, 2.75) is 57.7 Å². The molecule has 0 aliphatic carbocycles. The molecular formula is C16H29NO4S. The van der Waals surface area contributed by atoms with Crippen LogP contribution in [0.2, 0.25) is 0 Å². The number of amides is 1. The number of hydrogen-bond acceptors (Lipinski definition) is 5. The molecule has 2 heterocycles. The number of carbonyl (C=O) groups is 1. The van der Waals surface area contributed by atoms with Gasteiger partial charge >= 0.3 is 6.09 Å². The predicted molar refractivity (Wildman–Crippen MR) is 88.1 cm³/mol. The maximum Gasteiger partial charge on any atom is 0.410 e. The molecule has 128 valence electrons. The van der Waals surface area contributed by atoms with E-state index in [1.807, 2.05) is 32.5 Å². The first kappa shape index (κ1) is 17.9. The van der Waals surface area contributed by atoms with E-state index >= 15 is 0 Å². The topological polar surface area (TPSA) is 70.0 Å². The summed E-state index contributed by atoms with van der Waals surface area (Å²) in [6, 6.07) is 0. The number of hydrogen-bond donors (Lipinski definition) is 2. The summed E-state index contributed by atoms with van der Waals surface area (Å²) in [7, 11) is 0. The summed E-state index contributed by atoms with van der Waals surface area (Å²) in [5.74, 6) is 1.97. The first-order valence-electron chi connectivity index (χ1n) is 8.10. The summed E-state index contributed by atoms with van der Waals surface area (Å²) in [4.78, 5) is 13.8. The van der Waals surface area contributed by atoms with Gasteiger partial charge in [-0.15, -0.1) is 0 Å². The minimum Gasteiger partial charge on any atom is -0.444 e. The Bertz CT molecular complexity index is 393. The minimum absolute atomic E-state index is 0.0243. The Morgan fingerprint density at radius 3 is 2.18 bits per heavy atom. The standard InChI is InChI=1S/C16H29NO4S/c1-14(2,3)21-13(19)17-8-4-16(20,5-9-17)15(12-18)6-10-22-11-7-15/h18,20H,4-12H2,1-3H3. The zero-order valence-electron chi connectivity index (χ0n) is 13.9. The van der Waals surface area contributed by atoms with Crippen molar-refractivity contribution < 1.29 is 19.7 Å². The SMILES string of the molecule is CC(C)(C)OC(=O)N1CCC(O)(C2(CO)CCSCC2)CC1. The van der Waals surface area contributed by atoms with Gasteiger partial charge in [-0.05, 0) is 58.0 Å². The molecule has 0 radical (unpaired) electrons. The first-order valence-corrected chi connectivity index (χ1v) is 9.26. The van der Waals surface area contributed by atoms with E-state index < -0.39 is 16.6 Å². The van der Waals surface area contributed by atoms with E-state index in [1.54, 1.807) is 4.90 Å². The Kier molecular flexibility index (Phi) is 5.34. The molecule has 22 heavy (non-hydrogen) atoms. The zero-order chi connectivity index (χ0) is 16.4. The van der Waals surface area contributed by atoms with Gasteiger partial charge in [-0.25, -0.2) is 4.79 Å². The van der Waals surface area contributed by atoms with Gasteiger partial charge in [0.05, 0.1) is 12.2 Å². The van der Waals surface area contributed by atoms with E-state index in [0.29, 0.717) is 25.9 Å². The maximum absolute atomic E-state index is 12.1. The molecule has 2 aliphatic rings. The number of likely N-dealkylation sites (tertiary alicyclic amines) is 1. The quantitative estimate of drug-likeness (QED) is 0.812. The van der Waals surface area contributed by atoms with Gasteiger partial charge in [0.1, 0.15) is 5.60 Å². The van der Waals surface area contributed by atoms with Crippen molar-refractivity contribution in [3.05, 3.63) is 0 Å². The molecule has 2 N–H and O–H groups in total. The fourth-order valence-corrected chi connectivity index (χ4v) is 4.72. The lowest BCUT2D eigenvalue weighted by atomic mass is 9.64. The van der Waals surface area contributed by atoms with Gasteiger partial charge in [-0.1, -0.05) is 0 Å². The summed E-state index contributed by atoms with van der Waals surface area (Å²) >= 11 is 1.88. The first-order chi connectivity index (χ1) is 10.2. The van der Waals surface area contributed by atoms with Gasteiger partial charge in [0, 0.05) is 18.5 Å². The largest absolute Gasteiger partial charge is 0.444 e. The molecule has 6 heteroatoms. The van der Waals surface area contributed by atoms with E-state index in [-0.39, 0.29) is 12.7 Å². The van der Waals surface area contributed by atoms with Crippen LogP contribution in [0.4, 0.5) is 4.79 Å². The van der Waals surface area contributed by atoms with Crippen LogP contribution in [0.25, 0.3) is 0 Å². The Balaban J connectivity index is 1.99. The number of carbonyl (C=O) groups excluding carboxylic acids is 1. The average molecular weight is 331 g/mol. The fraction of sp³-hybridized carbons (Fsp3) is 0.938. The molecule has 0 aromatic rings. The van der Waals surface area contributed by atoms with E-state index in [0.717, 1.165) is 24.3 Å². The van der Waals surface area contributed by atoms with Crippen LogP contribution in [-0.4, -0.2) is 63.6 Å². The van der Waals surface area contributed by atoms with Gasteiger partial charge < -0.3 is 19.8 Å². The lowest BCUT2D eigenvalue weighted by Gasteiger charge is -2.52. The maximum atomic E-state index is 12.1. The molecule has 0 atom stereocenters. The number of rotatable bonds is 2. The second kappa shape index (κ2) is 6.57. The summed E-state index contributed by atoms with van der Waals surface area (Å²) < 4.78 is 5.39. The summed E-state index contributed by atoms with van der Waals surface area (Å²) in [5.41, 5.74) is -1.78. The highest BCUT2D eigenvalue weighted by Crippen LogP contribution is 2.48. The van der Waals surface area contributed by atoms with Crippen molar-refractivity contribution in [3.8, 4) is 0 Å². The normalized spacial score (nSPS) is 24.9. The van der Waals surface area contributed by atoms with Crippen LogP contribution in [-0.2, 0) is 4.74 Å². The predicted octanol–water partition coefficient (Wildman–Crippen LogP) is 2.25. The van der Waals surface area contributed by atoms with Crippen LogP contribution in [0.3, 0.4) is 0 Å². The lowest BCUT2D eigenvalue weighted by Crippen LogP contribution is -2.58. The van der Waals surface area contributed by atoms with Gasteiger partial charge in [-0.3, -0.25) is 0 Å². The smallest absolute Gasteiger partial charge is 0.410 e. The van der Waals surface area contributed by atoms with Crippen LogP contribution >= 0.6 is 11.8 Å². The Labute approximate surface area is 137 Å². The van der Waals surface area contributed by atoms with E-state index in [1.165, 1.54) is 0 Å². The second-order valence-electron chi connectivity index (χ2n) is 7.55. The molecule has 2 rings (SSSR count). The average Bonchev–Trinajstić information content (AvgIpc) is 2.46. The van der Waals surface area contributed by atoms with Crippen LogP contribution in [0.1, 0.15) is 46.5 Å². The second-order valence-corrected chi connectivity index (χ2v) is 8.77. The van der Waals surface area contributed by atoms with Crippen LogP contribution < -0.4 is 0 Å². The molecule has 5 nitrogen and oxygen atoms in total. The molecule has 0 aromatic carbocycles. The lowest BCUT2D eigenvalue weighted by molar-refractivity contribution is -0.142. The molecule has 1 amide bonds. The highest BCUT2D eigenvalue weighted by Gasteiger charge is 2.52. The van der Waals surface area contributed by atoms with Crippen molar-refractivity contribution in [3.63, 3.8) is 0 Å². The summed E-state index contributed by atoms with van der Waals surface area (Å²) in [6.45, 7) is 6.56. The molecule has 2 saturated heterocycles. The summed E-state index contributed by atoms with van der Waals surface area (Å²) in [6.07, 6.45) is 2.40. The van der Waals surface area contributed by atoms with Gasteiger partial charge in [0.2, 0.25) is 0 Å². The van der Waals surface area contributed by atoms with E-state index in [4.69, 9.17) is 4.74 Å². The number of nitrogens with zero attached hydrogens (tertiary/aromatic N) is 1. The molecule has 2 aliphatic heterocycles. The van der Waals surface area contributed by atoms with E-state index in [9.17, 15) is 15.0 Å². The molecular weight excluding hydrogens is 302 g/mol. The van der Waals surface area contributed by atoms with Crippen LogP contribution in [0, 0.1) is 5.41 Å². The molecule has 0 aromatic heterocycles. The third-order valence-electron chi connectivity index (χ3n) is 4.98. The highest BCUT2D eigenvalue weighted by atomic mass is 32.2. The van der Waals surface area contributed by atoms with Gasteiger partial charge in [0.25, 0.3) is 0 Å². The molecule has 0 saturated carbocycles. The Morgan fingerprint density at radius 2 is 1.73 bits per heavy atom. The number of piperidine rings is 1. The van der Waals surface area contributed by atoms with Crippen molar-refractivity contribution in [1.29, 1.82) is 0 Å². The Morgan fingerprint density at radius 1 is 1.18 bits per heavy atom. The minimum atomic E-state index is -0.874. The third-order valence-corrected chi connectivity index (χ3v) is 5.97. The number of thioether (sulfide) groups is 1. The Hall–Kier alpha value is -0.460. The van der Waals surface area contributed by atoms with Crippen LogP contribution in [0.15, 0.2) is 0 Å². The van der Waals surface area contributed by atoms with Crippen molar-refractivity contribution in [2.75, 3.05) is 31.2 Å².